The highest BCUT2D eigenvalue weighted by Crippen LogP contribution is 2.18. The fourth-order valence-electron chi connectivity index (χ4n) is 1.94. The van der Waals surface area contributed by atoms with Crippen LogP contribution in [-0.2, 0) is 0 Å². The first kappa shape index (κ1) is 21.8. The summed E-state index contributed by atoms with van der Waals surface area (Å²) in [5, 5.41) is 26.4. The minimum atomic E-state index is -0.286. The molecule has 0 aromatic heterocycles. The number of hydrogen-bond acceptors (Lipinski definition) is 4. The van der Waals surface area contributed by atoms with Crippen LogP contribution in [0.1, 0.15) is 67.2 Å². The van der Waals surface area contributed by atoms with Crippen LogP contribution in [0.3, 0.4) is 0 Å². The first-order valence-corrected chi connectivity index (χ1v) is 8.82. The van der Waals surface area contributed by atoms with Gasteiger partial charge in [0.15, 0.2) is 0 Å². The van der Waals surface area contributed by atoms with Gasteiger partial charge in [0, 0.05) is 13.1 Å². The molecule has 4 N–H and O–H groups in total. The summed E-state index contributed by atoms with van der Waals surface area (Å²) >= 11 is 0. The molecule has 0 amide bonds. The highest BCUT2D eigenvalue weighted by Gasteiger charge is 2.21. The molecule has 0 saturated heterocycles. The van der Waals surface area contributed by atoms with Crippen LogP contribution in [0, 0.1) is 10.8 Å². The van der Waals surface area contributed by atoms with E-state index in [1.807, 2.05) is 0 Å². The molecule has 22 heavy (non-hydrogen) atoms. The van der Waals surface area contributed by atoms with E-state index in [1.54, 1.807) is 0 Å². The predicted octanol–water partition coefficient (Wildman–Crippen LogP) is 2.54. The molecule has 0 radical (unpaired) electrons. The van der Waals surface area contributed by atoms with E-state index >= 15 is 0 Å². The SMILES string of the molecule is CC(C)(C)C(O)CNCCCCCCNCC(O)C(C)(C)C. The second kappa shape index (κ2) is 10.6. The van der Waals surface area contributed by atoms with Gasteiger partial charge in [0.1, 0.15) is 0 Å². The van der Waals surface area contributed by atoms with E-state index in [1.165, 1.54) is 12.8 Å². The third-order valence-electron chi connectivity index (χ3n) is 4.13. The van der Waals surface area contributed by atoms with Gasteiger partial charge < -0.3 is 20.8 Å². The lowest BCUT2D eigenvalue weighted by Crippen LogP contribution is -2.37. The van der Waals surface area contributed by atoms with Crippen LogP contribution in [0.5, 0.6) is 0 Å². The van der Waals surface area contributed by atoms with Crippen molar-refractivity contribution in [2.45, 2.75) is 79.4 Å². The molecule has 0 bridgehead atoms. The lowest BCUT2D eigenvalue weighted by Gasteiger charge is -2.26. The van der Waals surface area contributed by atoms with Crippen molar-refractivity contribution in [2.24, 2.45) is 10.8 Å². The summed E-state index contributed by atoms with van der Waals surface area (Å²) in [7, 11) is 0. The first-order valence-electron chi connectivity index (χ1n) is 8.82. The minimum Gasteiger partial charge on any atom is -0.391 e. The summed E-state index contributed by atoms with van der Waals surface area (Å²) in [6, 6.07) is 0. The van der Waals surface area contributed by atoms with E-state index in [2.05, 4.69) is 52.2 Å². The Hall–Kier alpha value is -0.160. The molecule has 0 aliphatic rings. The number of unbranched alkanes of at least 4 members (excludes halogenated alkanes) is 3. The third-order valence-corrected chi connectivity index (χ3v) is 4.13. The van der Waals surface area contributed by atoms with E-state index in [0.29, 0.717) is 13.1 Å². The summed E-state index contributed by atoms with van der Waals surface area (Å²) in [5.41, 5.74) is -0.0907. The van der Waals surface area contributed by atoms with Crippen molar-refractivity contribution >= 4 is 0 Å². The molecule has 0 heterocycles. The van der Waals surface area contributed by atoms with Gasteiger partial charge in [0.2, 0.25) is 0 Å². The molecule has 4 heteroatoms. The smallest absolute Gasteiger partial charge is 0.0712 e. The van der Waals surface area contributed by atoms with Crippen molar-refractivity contribution in [1.29, 1.82) is 0 Å². The zero-order chi connectivity index (χ0) is 17.2. The standard InChI is InChI=1S/C18H40N2O2/c1-17(2,3)15(21)13-19-11-9-7-8-10-12-20-14-16(22)18(4,5)6/h15-16,19-22H,7-14H2,1-6H3. The van der Waals surface area contributed by atoms with Crippen LogP contribution in [0.2, 0.25) is 0 Å². The quantitative estimate of drug-likeness (QED) is 0.442. The maximum Gasteiger partial charge on any atom is 0.0712 e. The van der Waals surface area contributed by atoms with Crippen LogP contribution in [-0.4, -0.2) is 48.6 Å². The molecule has 0 fully saturated rings. The van der Waals surface area contributed by atoms with Gasteiger partial charge in [0.25, 0.3) is 0 Å². The second-order valence-corrected chi connectivity index (χ2v) is 8.59. The third kappa shape index (κ3) is 11.4. The number of aliphatic hydroxyl groups is 2. The van der Waals surface area contributed by atoms with E-state index in [9.17, 15) is 10.2 Å². The molecular formula is C18H40N2O2. The second-order valence-electron chi connectivity index (χ2n) is 8.59. The van der Waals surface area contributed by atoms with Gasteiger partial charge in [-0.15, -0.1) is 0 Å². The highest BCUT2D eigenvalue weighted by molar-refractivity contribution is 4.75. The van der Waals surface area contributed by atoms with E-state index in [4.69, 9.17) is 0 Å². The van der Waals surface area contributed by atoms with E-state index < -0.39 is 0 Å². The summed E-state index contributed by atoms with van der Waals surface area (Å²) in [6.45, 7) is 15.7. The van der Waals surface area contributed by atoms with Gasteiger partial charge in [-0.05, 0) is 36.8 Å². The van der Waals surface area contributed by atoms with Crippen molar-refractivity contribution in [3.63, 3.8) is 0 Å². The Kier molecular flexibility index (Phi) is 10.5. The summed E-state index contributed by atoms with van der Waals surface area (Å²) < 4.78 is 0. The zero-order valence-electron chi connectivity index (χ0n) is 15.7. The molecule has 0 saturated carbocycles. The molecule has 0 rings (SSSR count). The molecule has 134 valence electrons. The molecule has 0 aliphatic heterocycles. The molecule has 2 unspecified atom stereocenters. The van der Waals surface area contributed by atoms with Crippen LogP contribution in [0.15, 0.2) is 0 Å². The number of nitrogens with one attached hydrogen (secondary N) is 2. The molecule has 2 atom stereocenters. The number of rotatable bonds is 11. The minimum absolute atomic E-state index is 0.0453. The summed E-state index contributed by atoms with van der Waals surface area (Å²) in [4.78, 5) is 0. The van der Waals surface area contributed by atoms with Crippen LogP contribution < -0.4 is 10.6 Å². The lowest BCUT2D eigenvalue weighted by molar-refractivity contribution is 0.0628. The van der Waals surface area contributed by atoms with Crippen molar-refractivity contribution in [1.82, 2.24) is 10.6 Å². The van der Waals surface area contributed by atoms with Gasteiger partial charge >= 0.3 is 0 Å². The average molecular weight is 317 g/mol. The van der Waals surface area contributed by atoms with Gasteiger partial charge in [-0.3, -0.25) is 0 Å². The Bertz CT molecular complexity index is 241. The molecule has 0 aliphatic carbocycles. The van der Waals surface area contributed by atoms with Gasteiger partial charge in [0.05, 0.1) is 12.2 Å². The topological polar surface area (TPSA) is 64.5 Å². The van der Waals surface area contributed by atoms with Crippen molar-refractivity contribution in [3.8, 4) is 0 Å². The Morgan fingerprint density at radius 2 is 0.955 bits per heavy atom. The molecule has 0 aromatic rings. The lowest BCUT2D eigenvalue weighted by atomic mass is 9.89. The van der Waals surface area contributed by atoms with Gasteiger partial charge in [-0.2, -0.15) is 0 Å². The molecule has 4 nitrogen and oxygen atoms in total. The number of aliphatic hydroxyl groups excluding tert-OH is 2. The largest absolute Gasteiger partial charge is 0.391 e. The Labute approximate surface area is 138 Å². The summed E-state index contributed by atoms with van der Waals surface area (Å²) in [5.74, 6) is 0. The van der Waals surface area contributed by atoms with Crippen LogP contribution in [0.4, 0.5) is 0 Å². The van der Waals surface area contributed by atoms with Gasteiger partial charge in [-0.1, -0.05) is 54.4 Å². The Morgan fingerprint density at radius 3 is 1.23 bits per heavy atom. The monoisotopic (exact) mass is 316 g/mol. The fraction of sp³-hybridized carbons (Fsp3) is 1.00. The van der Waals surface area contributed by atoms with Crippen LogP contribution in [0.25, 0.3) is 0 Å². The van der Waals surface area contributed by atoms with Crippen LogP contribution >= 0.6 is 0 Å². The fourth-order valence-corrected chi connectivity index (χ4v) is 1.94. The normalized spacial score (nSPS) is 15.8. The maximum atomic E-state index is 9.90. The molecule has 0 aromatic carbocycles. The Balaban J connectivity index is 3.35. The number of hydrogen-bond donors (Lipinski definition) is 4. The summed E-state index contributed by atoms with van der Waals surface area (Å²) in [6.07, 6.45) is 4.16. The van der Waals surface area contributed by atoms with Gasteiger partial charge in [-0.25, -0.2) is 0 Å². The highest BCUT2D eigenvalue weighted by atomic mass is 16.3. The average Bonchev–Trinajstić information content (AvgIpc) is 2.38. The van der Waals surface area contributed by atoms with Crippen molar-refractivity contribution < 1.29 is 10.2 Å². The van der Waals surface area contributed by atoms with E-state index in [0.717, 1.165) is 25.9 Å². The first-order chi connectivity index (χ1) is 10.0. The zero-order valence-corrected chi connectivity index (χ0v) is 15.7. The predicted molar refractivity (Wildman–Crippen MR) is 95.1 cm³/mol. The van der Waals surface area contributed by atoms with Crippen molar-refractivity contribution in [3.05, 3.63) is 0 Å². The maximum absolute atomic E-state index is 9.90. The molecular weight excluding hydrogens is 276 g/mol. The van der Waals surface area contributed by atoms with E-state index in [-0.39, 0.29) is 23.0 Å². The Morgan fingerprint density at radius 1 is 0.636 bits per heavy atom. The molecule has 0 spiro atoms. The van der Waals surface area contributed by atoms with Crippen molar-refractivity contribution in [2.75, 3.05) is 26.2 Å².